The Bertz CT molecular complexity index is 2330. The van der Waals surface area contributed by atoms with Gasteiger partial charge in [0.1, 0.15) is 42.3 Å². The fourth-order valence-electron chi connectivity index (χ4n) is 7.33. The Hall–Kier alpha value is -7.30. The summed E-state index contributed by atoms with van der Waals surface area (Å²) in [5, 5.41) is 52.9. The van der Waals surface area contributed by atoms with Gasteiger partial charge in [-0.3, -0.25) is 63.0 Å². The minimum absolute atomic E-state index is 0.0201. The Balaban J connectivity index is 2.33. The van der Waals surface area contributed by atoms with Gasteiger partial charge in [0, 0.05) is 32.0 Å². The highest BCUT2D eigenvalue weighted by Gasteiger charge is 2.41. The Labute approximate surface area is 419 Å². The van der Waals surface area contributed by atoms with E-state index >= 15 is 0 Å². The standard InChI is InChI=1S/C44H64FN9O18S/c1-8-17-54(43(69)25-11-13-26(14-12-25)73(45,71)72)52-40(66)30-10-9-18-53(30)44(70)35(22(4)5)50-41(67)34(21(2)3)49-39(65)29(20-33(61)62)48-37(63)27(15-16-31(57)58)47-42(68)36(23(6)55)51-38(64)28(19-32(59)60)46-24(7)56/h11-14,21-23,27-30,34-36,55H,8-10,15-20H2,1-7H3,(H,46,56)(H,47,68)(H,48,63)(H,49,65)(H,50,67)(H,51,64)(H,52,66)(H,57,58)(H,59,60)(H,61,62)/t23-,27+,28+,29+,30-,34+,35+,36+/m1/s1. The van der Waals surface area contributed by atoms with Crippen molar-refractivity contribution in [2.24, 2.45) is 11.8 Å². The molecule has 0 bridgehead atoms. The zero-order valence-corrected chi connectivity index (χ0v) is 41.9. The summed E-state index contributed by atoms with van der Waals surface area (Å²) in [6, 6.07) is -7.71. The first-order valence-electron chi connectivity index (χ1n) is 23.0. The SMILES string of the molecule is CCCN(NC(=O)[C@H]1CCCN1C(=O)[C@@H](NC(=O)[C@@H](NC(=O)[C@H](CC(=O)O)NC(=O)[C@H](CCC(=O)O)NC(=O)[C@@H](NC(=O)[C@H](CC(=O)O)NC(C)=O)[C@@H](C)O)C(C)C)C(C)C)C(=O)c1ccc(S(=O)(=O)F)cc1. The van der Waals surface area contributed by atoms with Crippen molar-refractivity contribution in [1.29, 1.82) is 0 Å². The van der Waals surface area contributed by atoms with Crippen LogP contribution in [0.3, 0.4) is 0 Å². The van der Waals surface area contributed by atoms with Crippen molar-refractivity contribution in [1.82, 2.24) is 47.2 Å². The number of benzene rings is 1. The van der Waals surface area contributed by atoms with Gasteiger partial charge in [0.25, 0.3) is 11.8 Å². The number of carboxylic acids is 3. The predicted molar refractivity (Wildman–Crippen MR) is 249 cm³/mol. The van der Waals surface area contributed by atoms with E-state index in [1.807, 2.05) is 0 Å². The Morgan fingerprint density at radius 1 is 0.685 bits per heavy atom. The molecular formula is C44H64FN9O18S. The number of aliphatic carboxylic acids is 3. The summed E-state index contributed by atoms with van der Waals surface area (Å²) in [5.74, 6) is -15.3. The molecule has 0 unspecified atom stereocenters. The number of aliphatic hydroxyl groups is 1. The molecule has 9 amide bonds. The number of hydrogen-bond donors (Lipinski definition) is 11. The van der Waals surface area contributed by atoms with E-state index in [4.69, 9.17) is 0 Å². The number of likely N-dealkylation sites (tertiary alicyclic amines) is 1. The molecule has 0 aliphatic carbocycles. The highest BCUT2D eigenvalue weighted by Crippen LogP contribution is 2.22. The van der Waals surface area contributed by atoms with Crippen LogP contribution < -0.4 is 37.3 Å². The van der Waals surface area contributed by atoms with Crippen molar-refractivity contribution in [2.75, 3.05) is 13.1 Å². The van der Waals surface area contributed by atoms with Crippen LogP contribution in [0.5, 0.6) is 0 Å². The van der Waals surface area contributed by atoms with E-state index < -0.39 is 172 Å². The maximum Gasteiger partial charge on any atom is 0.332 e. The summed E-state index contributed by atoms with van der Waals surface area (Å²) in [6.45, 7) is 9.85. The van der Waals surface area contributed by atoms with Crippen molar-refractivity contribution >= 4 is 81.3 Å². The van der Waals surface area contributed by atoms with Crippen molar-refractivity contribution in [3.8, 4) is 0 Å². The number of rotatable bonds is 27. The van der Waals surface area contributed by atoms with E-state index in [1.54, 1.807) is 20.8 Å². The normalized spacial score (nSPS) is 16.3. The smallest absolute Gasteiger partial charge is 0.332 e. The molecule has 1 aromatic rings. The Kier molecular flexibility index (Phi) is 23.8. The number of aliphatic hydroxyl groups excluding tert-OH is 1. The summed E-state index contributed by atoms with van der Waals surface area (Å²) < 4.78 is 36.0. The Morgan fingerprint density at radius 2 is 1.16 bits per heavy atom. The second-order valence-corrected chi connectivity index (χ2v) is 19.1. The summed E-state index contributed by atoms with van der Waals surface area (Å²) in [6.07, 6.45) is -4.52. The molecule has 1 aliphatic rings. The molecule has 1 aliphatic heterocycles. The number of carboxylic acid groups (broad SMARTS) is 3. The topological polar surface area (TPSA) is 411 Å². The third-order valence-electron chi connectivity index (χ3n) is 11.1. The van der Waals surface area contributed by atoms with Crippen molar-refractivity contribution in [3.63, 3.8) is 0 Å². The van der Waals surface area contributed by atoms with Gasteiger partial charge in [-0.2, -0.15) is 8.42 Å². The lowest BCUT2D eigenvalue weighted by Crippen LogP contribution is -2.62. The molecule has 8 atom stereocenters. The minimum Gasteiger partial charge on any atom is -0.481 e. The fourth-order valence-corrected chi connectivity index (χ4v) is 7.79. The molecule has 1 heterocycles. The van der Waals surface area contributed by atoms with Crippen LogP contribution in [-0.2, 0) is 63.0 Å². The van der Waals surface area contributed by atoms with Crippen molar-refractivity contribution < 1.29 is 90.3 Å². The molecule has 0 aromatic heterocycles. The molecule has 11 N–H and O–H groups in total. The van der Waals surface area contributed by atoms with E-state index in [0.29, 0.717) is 12.8 Å². The van der Waals surface area contributed by atoms with Crippen LogP contribution in [0, 0.1) is 11.8 Å². The minimum atomic E-state index is -5.05. The van der Waals surface area contributed by atoms with E-state index in [1.165, 1.54) is 18.7 Å². The van der Waals surface area contributed by atoms with Crippen LogP contribution in [0.4, 0.5) is 3.89 Å². The second-order valence-electron chi connectivity index (χ2n) is 17.8. The van der Waals surface area contributed by atoms with Gasteiger partial charge in [-0.05, 0) is 68.7 Å². The predicted octanol–water partition coefficient (Wildman–Crippen LogP) is -2.35. The fraction of sp³-hybridized carbons (Fsp3) is 0.591. The molecular weight excluding hydrogens is 994 g/mol. The molecule has 1 saturated heterocycles. The van der Waals surface area contributed by atoms with Crippen molar-refractivity contribution in [3.05, 3.63) is 29.8 Å². The molecule has 0 spiro atoms. The number of halogens is 1. The van der Waals surface area contributed by atoms with Gasteiger partial charge in [0.15, 0.2) is 0 Å². The number of hydrazine groups is 1. The summed E-state index contributed by atoms with van der Waals surface area (Å²) in [5.41, 5.74) is 2.41. The van der Waals surface area contributed by atoms with E-state index in [9.17, 15) is 90.3 Å². The second kappa shape index (κ2) is 28.1. The first kappa shape index (κ1) is 61.8. The first-order chi connectivity index (χ1) is 33.9. The van der Waals surface area contributed by atoms with Crippen LogP contribution >= 0.6 is 0 Å². The van der Waals surface area contributed by atoms with Crippen LogP contribution in [0.2, 0.25) is 0 Å². The lowest BCUT2D eigenvalue weighted by molar-refractivity contribution is -0.144. The van der Waals surface area contributed by atoms with E-state index in [2.05, 4.69) is 37.3 Å². The molecule has 2 rings (SSSR count). The van der Waals surface area contributed by atoms with Gasteiger partial charge in [-0.25, -0.2) is 5.01 Å². The molecule has 406 valence electrons. The van der Waals surface area contributed by atoms with Gasteiger partial charge in [-0.1, -0.05) is 34.6 Å². The lowest BCUT2D eigenvalue weighted by atomic mass is 9.98. The van der Waals surface area contributed by atoms with Crippen molar-refractivity contribution in [2.45, 2.75) is 147 Å². The van der Waals surface area contributed by atoms with Crippen LogP contribution in [0.15, 0.2) is 29.2 Å². The average molecular weight is 1060 g/mol. The highest BCUT2D eigenvalue weighted by molar-refractivity contribution is 7.86. The van der Waals surface area contributed by atoms with Gasteiger partial charge >= 0.3 is 28.1 Å². The third kappa shape index (κ3) is 19.3. The van der Waals surface area contributed by atoms with Gasteiger partial charge < -0.3 is 57.2 Å². The largest absolute Gasteiger partial charge is 0.481 e. The summed E-state index contributed by atoms with van der Waals surface area (Å²) in [4.78, 5) is 156. The number of nitrogens with zero attached hydrogens (tertiary/aromatic N) is 2. The average Bonchev–Trinajstić information content (AvgIpc) is 3.78. The molecule has 27 nitrogen and oxygen atoms in total. The quantitative estimate of drug-likeness (QED) is 0.0325. The molecule has 29 heteroatoms. The van der Waals surface area contributed by atoms with Gasteiger partial charge in [0.05, 0.1) is 23.8 Å². The zero-order chi connectivity index (χ0) is 55.7. The Morgan fingerprint density at radius 3 is 1.63 bits per heavy atom. The summed E-state index contributed by atoms with van der Waals surface area (Å²) in [7, 11) is -5.05. The number of carbonyl (C=O) groups is 12. The molecule has 0 saturated carbocycles. The van der Waals surface area contributed by atoms with Gasteiger partial charge in [0.2, 0.25) is 41.4 Å². The van der Waals surface area contributed by atoms with E-state index in [-0.39, 0.29) is 25.1 Å². The van der Waals surface area contributed by atoms with E-state index in [0.717, 1.165) is 43.1 Å². The van der Waals surface area contributed by atoms with Crippen LogP contribution in [0.1, 0.15) is 104 Å². The molecule has 1 fully saturated rings. The van der Waals surface area contributed by atoms with Crippen LogP contribution in [-0.4, -0.2) is 171 Å². The third-order valence-corrected chi connectivity index (χ3v) is 11.9. The number of nitrogens with one attached hydrogen (secondary N) is 7. The lowest BCUT2D eigenvalue weighted by Gasteiger charge is -2.33. The monoisotopic (exact) mass is 1060 g/mol. The maximum atomic E-state index is 14.2. The van der Waals surface area contributed by atoms with Crippen LogP contribution in [0.25, 0.3) is 0 Å². The first-order valence-corrected chi connectivity index (χ1v) is 24.4. The highest BCUT2D eigenvalue weighted by atomic mass is 32.3. The molecule has 1 aromatic carbocycles. The number of amides is 9. The zero-order valence-electron chi connectivity index (χ0n) is 41.1. The molecule has 73 heavy (non-hydrogen) atoms. The summed E-state index contributed by atoms with van der Waals surface area (Å²) >= 11 is 0. The van der Waals surface area contributed by atoms with Gasteiger partial charge in [-0.15, -0.1) is 3.89 Å². The number of carbonyl (C=O) groups excluding carboxylic acids is 9. The number of hydrogen-bond acceptors (Lipinski definition) is 15. The maximum absolute atomic E-state index is 14.2. The molecule has 0 radical (unpaired) electrons.